The molecule has 0 aliphatic heterocycles. The molecule has 16 heavy (non-hydrogen) atoms. The van der Waals surface area contributed by atoms with E-state index in [1.54, 1.807) is 0 Å². The van der Waals surface area contributed by atoms with Crippen molar-refractivity contribution in [3.05, 3.63) is 34.2 Å². The minimum atomic E-state index is -3.61. The Morgan fingerprint density at radius 1 is 1.50 bits per heavy atom. The Labute approximate surface area is 91.7 Å². The fourth-order valence-corrected chi connectivity index (χ4v) is 1.38. The van der Waals surface area contributed by atoms with E-state index in [-0.39, 0.29) is 17.9 Å². The molecule has 0 saturated carbocycles. The average Bonchev–Trinajstić information content (AvgIpc) is 2.16. The van der Waals surface area contributed by atoms with E-state index in [2.05, 4.69) is 10.3 Å². The van der Waals surface area contributed by atoms with Crippen LogP contribution in [0.2, 0.25) is 0 Å². The SMILES string of the molecule is NS(=O)(=O)CCNC(=O)c1c[nH]ccc1=O. The van der Waals surface area contributed by atoms with E-state index >= 15 is 0 Å². The van der Waals surface area contributed by atoms with Gasteiger partial charge in [-0.15, -0.1) is 0 Å². The molecule has 1 aromatic rings. The fraction of sp³-hybridized carbons (Fsp3) is 0.250. The molecule has 8 heteroatoms. The third kappa shape index (κ3) is 3.83. The van der Waals surface area contributed by atoms with Crippen LogP contribution in [-0.4, -0.2) is 31.6 Å². The van der Waals surface area contributed by atoms with Crippen molar-refractivity contribution in [2.45, 2.75) is 0 Å². The summed E-state index contributed by atoms with van der Waals surface area (Å²) in [6.45, 7) is -0.133. The molecule has 0 radical (unpaired) electrons. The van der Waals surface area contributed by atoms with Crippen molar-refractivity contribution in [2.24, 2.45) is 5.14 Å². The largest absolute Gasteiger partial charge is 0.367 e. The van der Waals surface area contributed by atoms with Crippen molar-refractivity contribution >= 4 is 15.9 Å². The molecule has 1 aromatic heterocycles. The molecule has 0 aliphatic carbocycles. The summed E-state index contributed by atoms with van der Waals surface area (Å²) in [5.41, 5.74) is -0.510. The van der Waals surface area contributed by atoms with Crippen LogP contribution in [0.5, 0.6) is 0 Å². The van der Waals surface area contributed by atoms with Gasteiger partial charge < -0.3 is 10.3 Å². The quantitative estimate of drug-likeness (QED) is 0.590. The molecule has 0 spiro atoms. The number of aromatic nitrogens is 1. The van der Waals surface area contributed by atoms with E-state index in [1.807, 2.05) is 0 Å². The van der Waals surface area contributed by atoms with Gasteiger partial charge in [0.05, 0.1) is 5.75 Å². The molecule has 1 amide bonds. The predicted octanol–water partition coefficient (Wildman–Crippen LogP) is -1.61. The van der Waals surface area contributed by atoms with Crippen LogP contribution in [0.4, 0.5) is 0 Å². The highest BCUT2D eigenvalue weighted by Crippen LogP contribution is 1.87. The van der Waals surface area contributed by atoms with E-state index < -0.39 is 21.4 Å². The second-order valence-electron chi connectivity index (χ2n) is 3.05. The number of nitrogens with one attached hydrogen (secondary N) is 2. The monoisotopic (exact) mass is 245 g/mol. The first-order valence-corrected chi connectivity index (χ1v) is 6.07. The van der Waals surface area contributed by atoms with Gasteiger partial charge >= 0.3 is 0 Å². The number of carbonyl (C=O) groups is 1. The van der Waals surface area contributed by atoms with Crippen molar-refractivity contribution in [2.75, 3.05) is 12.3 Å². The van der Waals surface area contributed by atoms with Gasteiger partial charge in [0, 0.05) is 25.0 Å². The second-order valence-corrected chi connectivity index (χ2v) is 4.78. The van der Waals surface area contributed by atoms with Crippen LogP contribution in [0.15, 0.2) is 23.3 Å². The Hall–Kier alpha value is -1.67. The van der Waals surface area contributed by atoms with Gasteiger partial charge in [-0.2, -0.15) is 0 Å². The lowest BCUT2D eigenvalue weighted by molar-refractivity contribution is 0.0954. The minimum Gasteiger partial charge on any atom is -0.367 e. The van der Waals surface area contributed by atoms with Gasteiger partial charge in [-0.25, -0.2) is 13.6 Å². The minimum absolute atomic E-state index is 0.0723. The van der Waals surface area contributed by atoms with E-state index in [1.165, 1.54) is 18.5 Å². The Morgan fingerprint density at radius 2 is 2.19 bits per heavy atom. The van der Waals surface area contributed by atoms with Crippen LogP contribution in [0.3, 0.4) is 0 Å². The number of pyridine rings is 1. The highest BCUT2D eigenvalue weighted by molar-refractivity contribution is 7.89. The highest BCUT2D eigenvalue weighted by Gasteiger charge is 2.10. The van der Waals surface area contributed by atoms with Crippen LogP contribution in [0.1, 0.15) is 10.4 Å². The summed E-state index contributed by atoms with van der Waals surface area (Å²) in [4.78, 5) is 25.2. The summed E-state index contributed by atoms with van der Waals surface area (Å²) in [7, 11) is -3.61. The molecule has 0 aromatic carbocycles. The van der Waals surface area contributed by atoms with Crippen molar-refractivity contribution in [3.63, 3.8) is 0 Å². The first kappa shape index (κ1) is 12.4. The smallest absolute Gasteiger partial charge is 0.256 e. The summed E-state index contributed by atoms with van der Waals surface area (Å²) < 4.78 is 21.1. The zero-order valence-corrected chi connectivity index (χ0v) is 9.08. The van der Waals surface area contributed by atoms with Gasteiger partial charge in [-0.3, -0.25) is 9.59 Å². The normalized spacial score (nSPS) is 11.1. The molecule has 0 bridgehead atoms. The van der Waals surface area contributed by atoms with Gasteiger partial charge in [-0.1, -0.05) is 0 Å². The first-order chi connectivity index (χ1) is 7.40. The molecule has 0 fully saturated rings. The van der Waals surface area contributed by atoms with Crippen LogP contribution < -0.4 is 15.9 Å². The van der Waals surface area contributed by atoms with Gasteiger partial charge in [0.15, 0.2) is 5.43 Å². The third-order valence-electron chi connectivity index (χ3n) is 1.74. The standard InChI is InChI=1S/C8H11N3O4S/c9-16(14,15)4-3-11-8(13)6-5-10-2-1-7(6)12/h1-2,5H,3-4H2,(H,10,12)(H,11,13)(H2,9,14,15). The molecule has 0 aliphatic rings. The van der Waals surface area contributed by atoms with Gasteiger partial charge in [0.1, 0.15) is 5.56 Å². The number of sulfonamides is 1. The topological polar surface area (TPSA) is 122 Å². The van der Waals surface area contributed by atoms with Crippen LogP contribution in [0, 0.1) is 0 Å². The summed E-state index contributed by atoms with van der Waals surface area (Å²) >= 11 is 0. The van der Waals surface area contributed by atoms with Gasteiger partial charge in [0.25, 0.3) is 5.91 Å². The number of primary sulfonamides is 1. The molecule has 0 atom stereocenters. The maximum absolute atomic E-state index is 11.4. The van der Waals surface area contributed by atoms with Crippen LogP contribution in [0.25, 0.3) is 0 Å². The zero-order chi connectivity index (χ0) is 12.2. The van der Waals surface area contributed by atoms with E-state index in [0.717, 1.165) is 0 Å². The molecular formula is C8H11N3O4S. The lowest BCUT2D eigenvalue weighted by Crippen LogP contribution is -2.33. The number of carbonyl (C=O) groups excluding carboxylic acids is 1. The highest BCUT2D eigenvalue weighted by atomic mass is 32.2. The summed E-state index contributed by atoms with van der Waals surface area (Å²) in [6.07, 6.45) is 2.64. The second kappa shape index (κ2) is 4.90. The summed E-state index contributed by atoms with van der Waals surface area (Å²) in [5.74, 6) is -1.01. The number of hydrogen-bond donors (Lipinski definition) is 3. The molecule has 0 saturated heterocycles. The Kier molecular flexibility index (Phi) is 3.80. The number of rotatable bonds is 4. The fourth-order valence-electron chi connectivity index (χ4n) is 0.996. The number of hydrogen-bond acceptors (Lipinski definition) is 4. The summed E-state index contributed by atoms with van der Waals surface area (Å²) in [5, 5.41) is 7.02. The Balaban J connectivity index is 2.61. The zero-order valence-electron chi connectivity index (χ0n) is 8.26. The number of amides is 1. The molecule has 1 heterocycles. The maximum atomic E-state index is 11.4. The molecule has 88 valence electrons. The van der Waals surface area contributed by atoms with Gasteiger partial charge in [-0.05, 0) is 0 Å². The maximum Gasteiger partial charge on any atom is 0.256 e. The molecule has 0 unspecified atom stereocenters. The first-order valence-electron chi connectivity index (χ1n) is 4.36. The average molecular weight is 245 g/mol. The molecule has 7 nitrogen and oxygen atoms in total. The Morgan fingerprint density at radius 3 is 2.75 bits per heavy atom. The van der Waals surface area contributed by atoms with Crippen molar-refractivity contribution in [1.82, 2.24) is 10.3 Å². The van der Waals surface area contributed by atoms with Gasteiger partial charge in [0.2, 0.25) is 10.0 Å². The van der Waals surface area contributed by atoms with Crippen molar-refractivity contribution in [3.8, 4) is 0 Å². The van der Waals surface area contributed by atoms with Crippen LogP contribution >= 0.6 is 0 Å². The lowest BCUT2D eigenvalue weighted by Gasteiger charge is -2.02. The Bertz CT molecular complexity index is 534. The number of H-pyrrole nitrogens is 1. The van der Waals surface area contributed by atoms with E-state index in [9.17, 15) is 18.0 Å². The number of aromatic amines is 1. The summed E-state index contributed by atoms with van der Waals surface area (Å²) in [6, 6.07) is 1.20. The van der Waals surface area contributed by atoms with E-state index in [4.69, 9.17) is 5.14 Å². The van der Waals surface area contributed by atoms with Crippen LogP contribution in [-0.2, 0) is 10.0 Å². The van der Waals surface area contributed by atoms with E-state index in [0.29, 0.717) is 0 Å². The van der Waals surface area contributed by atoms with Crippen molar-refractivity contribution in [1.29, 1.82) is 0 Å². The molecule has 1 rings (SSSR count). The molecule has 4 N–H and O–H groups in total. The number of nitrogens with two attached hydrogens (primary N) is 1. The lowest BCUT2D eigenvalue weighted by atomic mass is 10.2. The predicted molar refractivity (Wildman–Crippen MR) is 57.4 cm³/mol. The van der Waals surface area contributed by atoms with Crippen molar-refractivity contribution < 1.29 is 13.2 Å². The molecular weight excluding hydrogens is 234 g/mol. The third-order valence-corrected chi connectivity index (χ3v) is 2.51.